The van der Waals surface area contributed by atoms with Gasteiger partial charge in [0.05, 0.1) is 64.1 Å². The molecular formula is C48H77N11O17+2. The molecule has 4 unspecified atom stereocenters. The van der Waals surface area contributed by atoms with Crippen LogP contribution in [0.25, 0.3) is 11.1 Å². The molecule has 28 heteroatoms. The van der Waals surface area contributed by atoms with Gasteiger partial charge in [-0.05, 0) is 61.3 Å². The highest BCUT2D eigenvalue weighted by molar-refractivity contribution is 6.00. The van der Waals surface area contributed by atoms with Gasteiger partial charge in [0.2, 0.25) is 17.7 Å². The molecule has 18 N–H and O–H groups in total. The number of nitrogens with two attached hydrogens (primary N) is 2. The van der Waals surface area contributed by atoms with Gasteiger partial charge in [-0.15, -0.1) is 0 Å². The normalized spacial score (nSPS) is 13.2. The van der Waals surface area contributed by atoms with Gasteiger partial charge in [-0.1, -0.05) is 56.7 Å². The largest absolute Gasteiger partial charge is 0.491 e. The topological polar surface area (TPSA) is 437 Å². The van der Waals surface area contributed by atoms with Crippen molar-refractivity contribution in [3.8, 4) is 16.9 Å². The number of hydrogen-bond donors (Lipinski definition) is 14. The Kier molecular flexibility index (Phi) is 30.8. The lowest BCUT2D eigenvalue weighted by Gasteiger charge is -2.35. The quantitative estimate of drug-likeness (QED) is 0.00995. The molecular weight excluding hydrogens is 1000 g/mol. The molecule has 2 rings (SSSR count). The monoisotopic (exact) mass is 1080 g/mol. The van der Waals surface area contributed by atoms with Crippen LogP contribution in [0.5, 0.6) is 5.75 Å². The molecule has 0 spiro atoms. The summed E-state index contributed by atoms with van der Waals surface area (Å²) in [5.74, 6) is -8.80. The number of unbranched alkanes of at least 4 members (excludes halogenated alkanes) is 1. The highest BCUT2D eigenvalue weighted by atomic mass is 17.1. The second-order valence-electron chi connectivity index (χ2n) is 17.8. The lowest BCUT2D eigenvalue weighted by Crippen LogP contribution is -2.78. The van der Waals surface area contributed by atoms with Crippen LogP contribution < -0.4 is 48.2 Å². The Labute approximate surface area is 439 Å². The number of amides is 4. The van der Waals surface area contributed by atoms with E-state index in [9.17, 15) is 69.3 Å². The van der Waals surface area contributed by atoms with Crippen LogP contribution in [0.1, 0.15) is 62.7 Å². The molecule has 0 aliphatic rings. The number of rotatable bonds is 41. The summed E-state index contributed by atoms with van der Waals surface area (Å²) in [6.07, 6.45) is 1.93. The van der Waals surface area contributed by atoms with E-state index in [4.69, 9.17) is 16.2 Å². The molecule has 28 nitrogen and oxygen atoms in total. The molecule has 0 heterocycles. The average molecular weight is 1080 g/mol. The zero-order valence-electron chi connectivity index (χ0n) is 43.0. The number of carbonyl (C=O) groups excluding carboxylic acids is 4. The second kappa shape index (κ2) is 36.0. The minimum atomic E-state index is -1.30. The maximum absolute atomic E-state index is 14.2. The fourth-order valence-electron chi connectivity index (χ4n) is 7.81. The Morgan fingerprint density at radius 3 is 1.88 bits per heavy atom. The molecule has 424 valence electrons. The van der Waals surface area contributed by atoms with Crippen molar-refractivity contribution in [3.05, 3.63) is 54.1 Å². The molecule has 5 atom stereocenters. The van der Waals surface area contributed by atoms with Crippen molar-refractivity contribution in [3.63, 3.8) is 0 Å². The van der Waals surface area contributed by atoms with Gasteiger partial charge in [-0.3, -0.25) is 75.2 Å². The summed E-state index contributed by atoms with van der Waals surface area (Å²) >= 11 is 0. The van der Waals surface area contributed by atoms with Gasteiger partial charge in [0.1, 0.15) is 30.5 Å². The number of ether oxygens (including phenoxy) is 1. The minimum absolute atomic E-state index is 0.00541. The van der Waals surface area contributed by atoms with Crippen molar-refractivity contribution in [1.29, 1.82) is 0 Å². The lowest BCUT2D eigenvalue weighted by atomic mass is 9.97. The van der Waals surface area contributed by atoms with Crippen LogP contribution in [0, 0.1) is 5.92 Å². The zero-order valence-corrected chi connectivity index (χ0v) is 43.0. The van der Waals surface area contributed by atoms with E-state index in [0.717, 1.165) is 4.90 Å². The van der Waals surface area contributed by atoms with Crippen LogP contribution in [-0.2, 0) is 43.3 Å². The van der Waals surface area contributed by atoms with Crippen molar-refractivity contribution in [2.24, 2.45) is 17.4 Å². The number of carboxylic acids is 4. The van der Waals surface area contributed by atoms with Gasteiger partial charge in [0.25, 0.3) is 5.91 Å². The first-order valence-electron chi connectivity index (χ1n) is 24.7. The number of hydrogen-bond acceptors (Lipinski definition) is 16. The van der Waals surface area contributed by atoms with Crippen molar-refractivity contribution in [1.82, 2.24) is 36.0 Å². The van der Waals surface area contributed by atoms with E-state index in [1.165, 1.54) is 17.0 Å². The Morgan fingerprint density at radius 2 is 1.32 bits per heavy atom. The molecule has 0 aromatic heterocycles. The summed E-state index contributed by atoms with van der Waals surface area (Å²) in [4.78, 5) is 118. The standard InChI is InChI=1S/C48H75N11O17/c1-3-31(2)43(46(69)54-36(13-9-17-52-48(50)51)45(68)55-37(47(70)71)12-7-8-16-49)56-39(60)25-53-44(67)35-24-33(32-10-5-4-6-11-32)14-15-38(35)74-30-34(59(20-22-75-72)21-23-76-73)26-57(27-40(61)62)18-19-58(28-41(63)64)29-42(65)66/h4-6,10-11,14-15,24,31,34,36-37,43,72-73H,3,7-9,12-13,16-23,25-30,49H2,1-2H3,(H,53,67)(H,54,69)(H,55,68)(H,56,60)(H,61,62)(H,63,64)(H,65,66)(H,70,71)(H4,50,51,52)/p+2/t31?,34-,36?,37?,43?/m1/s1. The number of benzene rings is 2. The third-order valence-electron chi connectivity index (χ3n) is 12.0. The molecule has 4 amide bonds. The van der Waals surface area contributed by atoms with Gasteiger partial charge >= 0.3 is 29.8 Å². The Bertz CT molecular complexity index is 2160. The minimum Gasteiger partial charge on any atom is -0.491 e. The number of carboxylic acid groups (broad SMARTS) is 4. The molecule has 0 fully saturated rings. The molecule has 0 aliphatic carbocycles. The molecule has 0 bridgehead atoms. The van der Waals surface area contributed by atoms with Crippen molar-refractivity contribution in [2.75, 3.05) is 91.8 Å². The van der Waals surface area contributed by atoms with E-state index < -0.39 is 104 Å². The molecule has 76 heavy (non-hydrogen) atoms. The van der Waals surface area contributed by atoms with Gasteiger partial charge < -0.3 is 52.2 Å². The molecule has 2 aromatic rings. The van der Waals surface area contributed by atoms with Gasteiger partial charge in [0.15, 0.2) is 0 Å². The zero-order chi connectivity index (χ0) is 56.6. The number of nitrogens with one attached hydrogen (secondary N) is 5. The van der Waals surface area contributed by atoms with Crippen LogP contribution in [0.2, 0.25) is 0 Å². The van der Waals surface area contributed by atoms with Crippen molar-refractivity contribution in [2.45, 2.75) is 76.5 Å². The van der Waals surface area contributed by atoms with Crippen LogP contribution in [-0.4, -0.2) is 215 Å². The number of carbonyl (C=O) groups is 8. The highest BCUT2D eigenvalue weighted by Gasteiger charge is 2.32. The smallest absolute Gasteiger partial charge is 0.338 e. The SMILES string of the molecule is CCC(C)C(NC(=O)CNC(=O)c1cc(-c2ccccc2)ccc1OC[C@@H](CN(CCN(CC(=O)O)CC(=O)O)CC(=O)O)N(CCOO)CCOO)C(=O)NC(CCC[NH+]=C(N)N)C(=O)NC(CCCC[NH3+])C(=O)O. The first-order chi connectivity index (χ1) is 36.2. The van der Waals surface area contributed by atoms with Crippen LogP contribution in [0.15, 0.2) is 48.5 Å². The third kappa shape index (κ3) is 25.5. The predicted molar refractivity (Wildman–Crippen MR) is 271 cm³/mol. The molecule has 2 aromatic carbocycles. The molecule has 0 aliphatic heterocycles. The van der Waals surface area contributed by atoms with E-state index in [1.807, 2.05) is 0 Å². The van der Waals surface area contributed by atoms with E-state index in [2.05, 4.69) is 41.8 Å². The maximum Gasteiger partial charge on any atom is 0.338 e. The maximum atomic E-state index is 14.2. The number of aliphatic carboxylic acids is 4. The lowest BCUT2D eigenvalue weighted by molar-refractivity contribution is -0.459. The van der Waals surface area contributed by atoms with E-state index in [1.54, 1.807) is 55.1 Å². The molecule has 0 saturated heterocycles. The fraction of sp³-hybridized carbons (Fsp3) is 0.562. The van der Waals surface area contributed by atoms with E-state index in [-0.39, 0.29) is 95.6 Å². The first-order valence-corrected chi connectivity index (χ1v) is 24.7. The van der Waals surface area contributed by atoms with E-state index in [0.29, 0.717) is 36.9 Å². The van der Waals surface area contributed by atoms with Gasteiger partial charge in [-0.2, -0.15) is 0 Å². The van der Waals surface area contributed by atoms with Gasteiger partial charge in [0, 0.05) is 32.7 Å². The van der Waals surface area contributed by atoms with Gasteiger partial charge in [-0.25, -0.2) is 14.6 Å². The first kappa shape index (κ1) is 65.1. The number of nitrogens with zero attached hydrogens (tertiary/aromatic N) is 3. The molecule has 0 saturated carbocycles. The number of quaternary nitrogens is 1. The van der Waals surface area contributed by atoms with Crippen LogP contribution in [0.3, 0.4) is 0 Å². The Morgan fingerprint density at radius 1 is 0.724 bits per heavy atom. The predicted octanol–water partition coefficient (Wildman–Crippen LogP) is -3.90. The van der Waals surface area contributed by atoms with Crippen LogP contribution in [0.4, 0.5) is 0 Å². The third-order valence-corrected chi connectivity index (χ3v) is 12.0. The summed E-state index contributed by atoms with van der Waals surface area (Å²) < 4.78 is 6.31. The summed E-state index contributed by atoms with van der Waals surface area (Å²) in [5.41, 5.74) is 16.0. The summed E-state index contributed by atoms with van der Waals surface area (Å²) in [5, 5.41) is 67.3. The number of guanidine groups is 1. The van der Waals surface area contributed by atoms with Crippen molar-refractivity contribution >= 4 is 53.5 Å². The second-order valence-corrected chi connectivity index (χ2v) is 17.8. The molecule has 0 radical (unpaired) electrons. The summed E-state index contributed by atoms with van der Waals surface area (Å²) in [7, 11) is 0. The van der Waals surface area contributed by atoms with Crippen molar-refractivity contribution < 1.29 is 94.5 Å². The van der Waals surface area contributed by atoms with E-state index >= 15 is 0 Å². The fourth-order valence-corrected chi connectivity index (χ4v) is 7.81. The average Bonchev–Trinajstić information content (AvgIpc) is 3.37. The Hall–Kier alpha value is -7.05. The summed E-state index contributed by atoms with van der Waals surface area (Å²) in [6.45, 7) is 0.393. The Balaban J connectivity index is 2.49. The summed E-state index contributed by atoms with van der Waals surface area (Å²) in [6, 6.07) is 9.11. The van der Waals surface area contributed by atoms with Crippen LogP contribution >= 0.6 is 0 Å². The highest BCUT2D eigenvalue weighted by Crippen LogP contribution is 2.27.